The van der Waals surface area contributed by atoms with Gasteiger partial charge in [0.05, 0.1) is 25.4 Å². The Bertz CT molecular complexity index is 607. The summed E-state index contributed by atoms with van der Waals surface area (Å²) in [6.45, 7) is 5.20. The highest BCUT2D eigenvalue weighted by Gasteiger charge is 2.23. The molecule has 0 saturated carbocycles. The van der Waals surface area contributed by atoms with Crippen molar-refractivity contribution >= 4 is 0 Å². The Hall–Kier alpha value is -1.80. The third-order valence-electron chi connectivity index (χ3n) is 4.37. The fourth-order valence-electron chi connectivity index (χ4n) is 3.27. The molecule has 2 aromatic rings. The zero-order valence-electron chi connectivity index (χ0n) is 14.7. The van der Waals surface area contributed by atoms with Crippen LogP contribution in [0.1, 0.15) is 5.56 Å². The van der Waals surface area contributed by atoms with Crippen molar-refractivity contribution in [1.29, 1.82) is 0 Å². The zero-order valence-corrected chi connectivity index (χ0v) is 14.7. The van der Waals surface area contributed by atoms with Crippen LogP contribution in [0.15, 0.2) is 43.0 Å². The van der Waals surface area contributed by atoms with E-state index < -0.39 is 0 Å². The van der Waals surface area contributed by atoms with Crippen molar-refractivity contribution in [2.45, 2.75) is 25.3 Å². The second kappa shape index (κ2) is 9.05. The number of β-amino-alcohol motifs (C(OH)–C–C–N with tert-alkyl or cyclic N) is 1. The van der Waals surface area contributed by atoms with E-state index in [4.69, 9.17) is 4.74 Å². The highest BCUT2D eigenvalue weighted by atomic mass is 16.5. The number of aliphatic hydroxyl groups excluding tert-OH is 1. The Morgan fingerprint density at radius 3 is 2.96 bits per heavy atom. The molecule has 2 unspecified atom stereocenters. The number of morpholine rings is 1. The molecular weight excluding hydrogens is 318 g/mol. The first-order valence-corrected chi connectivity index (χ1v) is 8.76. The Morgan fingerprint density at radius 2 is 2.20 bits per heavy atom. The van der Waals surface area contributed by atoms with Crippen LogP contribution in [0.3, 0.4) is 0 Å². The summed E-state index contributed by atoms with van der Waals surface area (Å²) in [4.78, 5) is 8.39. The first kappa shape index (κ1) is 18.0. The molecule has 1 fully saturated rings. The van der Waals surface area contributed by atoms with E-state index in [9.17, 15) is 5.11 Å². The van der Waals surface area contributed by atoms with Crippen LogP contribution in [0, 0.1) is 0 Å². The largest absolute Gasteiger partial charge is 0.390 e. The Labute approximate surface area is 148 Å². The molecule has 1 aliphatic rings. The maximum absolute atomic E-state index is 10.4. The van der Waals surface area contributed by atoms with Crippen molar-refractivity contribution in [1.82, 2.24) is 24.6 Å². The van der Waals surface area contributed by atoms with E-state index in [1.165, 1.54) is 11.9 Å². The smallest absolute Gasteiger partial charge is 0.137 e. The van der Waals surface area contributed by atoms with Crippen LogP contribution >= 0.6 is 0 Å². The molecule has 25 heavy (non-hydrogen) atoms. The predicted octanol–water partition coefficient (Wildman–Crippen LogP) is 0.472. The number of rotatable bonds is 8. The van der Waals surface area contributed by atoms with Crippen LogP contribution in [-0.2, 0) is 17.8 Å². The van der Waals surface area contributed by atoms with Crippen LogP contribution < -0.4 is 0 Å². The molecule has 1 aliphatic heterocycles. The summed E-state index contributed by atoms with van der Waals surface area (Å²) in [6, 6.07) is 10.3. The minimum absolute atomic E-state index is 0.0877. The molecule has 0 aliphatic carbocycles. The summed E-state index contributed by atoms with van der Waals surface area (Å²) in [5.41, 5.74) is 1.26. The highest BCUT2D eigenvalue weighted by Crippen LogP contribution is 2.09. The number of benzene rings is 1. The first-order chi connectivity index (χ1) is 12.2. The normalized spacial score (nSPS) is 20.0. The monoisotopic (exact) mass is 345 g/mol. The van der Waals surface area contributed by atoms with Crippen molar-refractivity contribution in [2.75, 3.05) is 39.8 Å². The summed E-state index contributed by atoms with van der Waals surface area (Å²) >= 11 is 0. The first-order valence-electron chi connectivity index (χ1n) is 8.76. The van der Waals surface area contributed by atoms with Gasteiger partial charge in [0.25, 0.3) is 0 Å². The zero-order chi connectivity index (χ0) is 17.5. The minimum atomic E-state index is -0.376. The molecule has 2 atom stereocenters. The molecule has 0 spiro atoms. The lowest BCUT2D eigenvalue weighted by Crippen LogP contribution is -2.48. The van der Waals surface area contributed by atoms with Gasteiger partial charge in [-0.1, -0.05) is 30.3 Å². The number of hydrogen-bond donors (Lipinski definition) is 1. The topological polar surface area (TPSA) is 66.7 Å². The number of aliphatic hydroxyl groups is 1. The summed E-state index contributed by atoms with van der Waals surface area (Å²) in [5, 5.41) is 14.6. The standard InChI is InChI=1S/C18H27N5O2/c1-21(9-16-5-3-2-4-6-16)10-17(24)11-22-7-8-25-18(12-22)13-23-15-19-14-20-23/h2-6,14-15,17-18,24H,7-13H2,1H3. The Kier molecular flexibility index (Phi) is 6.52. The molecule has 3 rings (SSSR count). The van der Waals surface area contributed by atoms with E-state index in [1.54, 1.807) is 11.0 Å². The van der Waals surface area contributed by atoms with Crippen molar-refractivity contribution in [3.63, 3.8) is 0 Å². The molecule has 136 valence electrons. The lowest BCUT2D eigenvalue weighted by atomic mass is 10.2. The minimum Gasteiger partial charge on any atom is -0.390 e. The van der Waals surface area contributed by atoms with E-state index in [1.807, 2.05) is 25.2 Å². The van der Waals surface area contributed by atoms with Crippen LogP contribution in [-0.4, -0.2) is 81.7 Å². The number of hydrogen-bond acceptors (Lipinski definition) is 6. The van der Waals surface area contributed by atoms with E-state index in [2.05, 4.69) is 32.0 Å². The highest BCUT2D eigenvalue weighted by molar-refractivity contribution is 5.14. The molecule has 0 bridgehead atoms. The van der Waals surface area contributed by atoms with E-state index >= 15 is 0 Å². The molecule has 1 N–H and O–H groups in total. The van der Waals surface area contributed by atoms with Gasteiger partial charge in [-0.05, 0) is 12.6 Å². The second-order valence-electron chi connectivity index (χ2n) is 6.71. The molecular formula is C18H27N5O2. The lowest BCUT2D eigenvalue weighted by molar-refractivity contribution is -0.0504. The molecule has 2 heterocycles. The van der Waals surface area contributed by atoms with Crippen molar-refractivity contribution in [3.05, 3.63) is 48.5 Å². The van der Waals surface area contributed by atoms with Gasteiger partial charge in [0.2, 0.25) is 0 Å². The van der Waals surface area contributed by atoms with E-state index in [0.29, 0.717) is 26.2 Å². The molecule has 0 amide bonds. The fraction of sp³-hybridized carbons (Fsp3) is 0.556. The number of nitrogens with zero attached hydrogens (tertiary/aromatic N) is 5. The van der Waals surface area contributed by atoms with Gasteiger partial charge >= 0.3 is 0 Å². The molecule has 0 radical (unpaired) electrons. The SMILES string of the molecule is CN(Cc1ccccc1)CC(O)CN1CCOC(Cn2cncn2)C1. The molecule has 1 aromatic heterocycles. The maximum Gasteiger partial charge on any atom is 0.137 e. The molecule has 1 aromatic carbocycles. The summed E-state index contributed by atoms with van der Waals surface area (Å²) in [7, 11) is 2.04. The van der Waals surface area contributed by atoms with Gasteiger partial charge < -0.3 is 9.84 Å². The Balaban J connectivity index is 1.41. The average Bonchev–Trinajstić information content (AvgIpc) is 3.08. The van der Waals surface area contributed by atoms with Gasteiger partial charge in [-0.3, -0.25) is 14.5 Å². The van der Waals surface area contributed by atoms with Crippen molar-refractivity contribution in [2.24, 2.45) is 0 Å². The Morgan fingerprint density at radius 1 is 1.36 bits per heavy atom. The maximum atomic E-state index is 10.4. The van der Waals surface area contributed by atoms with Crippen molar-refractivity contribution in [3.8, 4) is 0 Å². The van der Waals surface area contributed by atoms with Gasteiger partial charge in [0, 0.05) is 32.7 Å². The third kappa shape index (κ3) is 5.89. The number of aromatic nitrogens is 3. The van der Waals surface area contributed by atoms with Gasteiger partial charge in [0.15, 0.2) is 0 Å². The third-order valence-corrected chi connectivity index (χ3v) is 4.37. The molecule has 1 saturated heterocycles. The number of likely N-dealkylation sites (N-methyl/N-ethyl adjacent to an activating group) is 1. The summed E-state index contributed by atoms with van der Waals surface area (Å²) in [6.07, 6.45) is 2.95. The number of ether oxygens (including phenoxy) is 1. The van der Waals surface area contributed by atoms with Crippen LogP contribution in [0.2, 0.25) is 0 Å². The van der Waals surface area contributed by atoms with Gasteiger partial charge in [-0.2, -0.15) is 5.10 Å². The predicted molar refractivity (Wildman–Crippen MR) is 95.0 cm³/mol. The van der Waals surface area contributed by atoms with E-state index in [0.717, 1.165) is 19.6 Å². The lowest BCUT2D eigenvalue weighted by Gasteiger charge is -2.34. The van der Waals surface area contributed by atoms with Crippen molar-refractivity contribution < 1.29 is 9.84 Å². The van der Waals surface area contributed by atoms with Crippen LogP contribution in [0.4, 0.5) is 0 Å². The summed E-state index contributed by atoms with van der Waals surface area (Å²) < 4.78 is 7.59. The average molecular weight is 345 g/mol. The van der Waals surface area contributed by atoms with Crippen LogP contribution in [0.5, 0.6) is 0 Å². The molecule has 7 heteroatoms. The van der Waals surface area contributed by atoms with Gasteiger partial charge in [-0.25, -0.2) is 4.98 Å². The van der Waals surface area contributed by atoms with Gasteiger partial charge in [0.1, 0.15) is 12.7 Å². The van der Waals surface area contributed by atoms with Gasteiger partial charge in [-0.15, -0.1) is 0 Å². The second-order valence-corrected chi connectivity index (χ2v) is 6.71. The quantitative estimate of drug-likeness (QED) is 0.750. The fourth-order valence-corrected chi connectivity index (χ4v) is 3.27. The van der Waals surface area contributed by atoms with E-state index in [-0.39, 0.29) is 12.2 Å². The van der Waals surface area contributed by atoms with Crippen LogP contribution in [0.25, 0.3) is 0 Å². The molecule has 7 nitrogen and oxygen atoms in total. The summed E-state index contributed by atoms with van der Waals surface area (Å²) in [5.74, 6) is 0.